The fourth-order valence-electron chi connectivity index (χ4n) is 2.08. The molecule has 0 saturated heterocycles. The highest BCUT2D eigenvalue weighted by Crippen LogP contribution is 2.34. The molecule has 2 rings (SSSR count). The molecular weight excluding hydrogens is 336 g/mol. The molecule has 106 valence electrons. The minimum absolute atomic E-state index is 0.422. The lowest BCUT2D eigenvalue weighted by molar-refractivity contribution is 0.469. The number of benzene rings is 2. The van der Waals surface area contributed by atoms with Gasteiger partial charge < -0.3 is 4.74 Å². The maximum absolute atomic E-state index is 6.14. The number of alkyl halides is 1. The summed E-state index contributed by atoms with van der Waals surface area (Å²) in [6.07, 6.45) is 0. The number of ether oxygens (including phenoxy) is 1. The molecule has 0 bridgehead atoms. The van der Waals surface area contributed by atoms with Crippen LogP contribution >= 0.6 is 27.5 Å². The largest absolute Gasteiger partial charge is 0.457 e. The van der Waals surface area contributed by atoms with E-state index in [1.807, 2.05) is 18.2 Å². The topological polar surface area (TPSA) is 9.23 Å². The summed E-state index contributed by atoms with van der Waals surface area (Å²) in [6, 6.07) is 12.0. The van der Waals surface area contributed by atoms with Gasteiger partial charge in [-0.1, -0.05) is 53.5 Å². The molecule has 0 radical (unpaired) electrons. The number of halogens is 2. The van der Waals surface area contributed by atoms with Gasteiger partial charge in [0.25, 0.3) is 0 Å². The molecule has 0 heterocycles. The van der Waals surface area contributed by atoms with Crippen molar-refractivity contribution in [2.24, 2.45) is 0 Å². The van der Waals surface area contributed by atoms with Crippen LogP contribution in [0.15, 0.2) is 36.4 Å². The van der Waals surface area contributed by atoms with Crippen LogP contribution in [0.4, 0.5) is 0 Å². The quantitative estimate of drug-likeness (QED) is 0.573. The summed E-state index contributed by atoms with van der Waals surface area (Å²) < 4.78 is 6.14. The van der Waals surface area contributed by atoms with Crippen LogP contribution in [0.1, 0.15) is 36.5 Å². The van der Waals surface area contributed by atoms with Crippen LogP contribution in [0.3, 0.4) is 0 Å². The Morgan fingerprint density at radius 1 is 1.10 bits per heavy atom. The first-order chi connectivity index (χ1) is 9.51. The highest BCUT2D eigenvalue weighted by Gasteiger charge is 2.11. The van der Waals surface area contributed by atoms with Gasteiger partial charge in [-0.15, -0.1) is 0 Å². The molecule has 20 heavy (non-hydrogen) atoms. The molecule has 0 saturated carbocycles. The first-order valence-electron chi connectivity index (χ1n) is 6.64. The molecule has 0 amide bonds. The first kappa shape index (κ1) is 15.4. The second-order valence-corrected chi connectivity index (χ2v) is 6.18. The standard InChI is InChI=1S/C17H18BrClO/c1-11(2)15-6-4-12(3)8-17(15)20-16-7-5-14(19)9-13(16)10-18/h4-9,11H,10H2,1-3H3. The van der Waals surface area contributed by atoms with Crippen molar-refractivity contribution in [1.29, 1.82) is 0 Å². The van der Waals surface area contributed by atoms with Crippen LogP contribution < -0.4 is 4.74 Å². The maximum Gasteiger partial charge on any atom is 0.131 e. The van der Waals surface area contributed by atoms with Crippen molar-refractivity contribution in [2.45, 2.75) is 32.0 Å². The van der Waals surface area contributed by atoms with Gasteiger partial charge in [-0.2, -0.15) is 0 Å². The second kappa shape index (κ2) is 6.64. The molecule has 0 spiro atoms. The van der Waals surface area contributed by atoms with E-state index in [1.54, 1.807) is 0 Å². The lowest BCUT2D eigenvalue weighted by atomic mass is 10.0. The Morgan fingerprint density at radius 2 is 1.85 bits per heavy atom. The third-order valence-corrected chi connectivity index (χ3v) is 4.02. The van der Waals surface area contributed by atoms with Crippen molar-refractivity contribution in [3.8, 4) is 11.5 Å². The summed E-state index contributed by atoms with van der Waals surface area (Å²) in [5.41, 5.74) is 3.46. The molecule has 0 aliphatic rings. The lowest BCUT2D eigenvalue weighted by Gasteiger charge is -2.16. The molecule has 0 aliphatic heterocycles. The van der Waals surface area contributed by atoms with E-state index in [2.05, 4.69) is 54.9 Å². The van der Waals surface area contributed by atoms with Crippen molar-refractivity contribution in [1.82, 2.24) is 0 Å². The van der Waals surface area contributed by atoms with E-state index in [0.29, 0.717) is 11.2 Å². The minimum atomic E-state index is 0.422. The van der Waals surface area contributed by atoms with Crippen LogP contribution in [0.2, 0.25) is 5.02 Å². The normalized spacial score (nSPS) is 10.9. The fraction of sp³-hybridized carbons (Fsp3) is 0.294. The monoisotopic (exact) mass is 352 g/mol. The molecule has 2 aromatic carbocycles. The highest BCUT2D eigenvalue weighted by molar-refractivity contribution is 9.08. The molecule has 0 aromatic heterocycles. The summed E-state index contributed by atoms with van der Waals surface area (Å²) >= 11 is 9.51. The molecule has 0 N–H and O–H groups in total. The zero-order valence-corrected chi connectivity index (χ0v) is 14.3. The van der Waals surface area contributed by atoms with Crippen molar-refractivity contribution < 1.29 is 4.74 Å². The van der Waals surface area contributed by atoms with E-state index >= 15 is 0 Å². The Kier molecular flexibility index (Phi) is 5.11. The molecule has 1 nitrogen and oxygen atoms in total. The lowest BCUT2D eigenvalue weighted by Crippen LogP contribution is -1.96. The summed E-state index contributed by atoms with van der Waals surface area (Å²) in [5, 5.41) is 1.44. The van der Waals surface area contributed by atoms with Crippen molar-refractivity contribution in [2.75, 3.05) is 0 Å². The Labute approximate surface area is 134 Å². The van der Waals surface area contributed by atoms with Crippen LogP contribution in [0.25, 0.3) is 0 Å². The predicted molar refractivity (Wildman–Crippen MR) is 89.4 cm³/mol. The summed E-state index contributed by atoms with van der Waals surface area (Å²) in [4.78, 5) is 0. The van der Waals surface area contributed by atoms with Crippen LogP contribution in [0, 0.1) is 6.92 Å². The molecule has 2 aromatic rings. The van der Waals surface area contributed by atoms with E-state index in [1.165, 1.54) is 11.1 Å². The Balaban J connectivity index is 2.41. The van der Waals surface area contributed by atoms with Crippen molar-refractivity contribution in [3.63, 3.8) is 0 Å². The third-order valence-electron chi connectivity index (χ3n) is 3.18. The van der Waals surface area contributed by atoms with Gasteiger partial charge in [0.05, 0.1) is 0 Å². The Bertz CT molecular complexity index is 608. The number of hydrogen-bond donors (Lipinski definition) is 0. The van der Waals surface area contributed by atoms with Gasteiger partial charge in [0.15, 0.2) is 0 Å². The molecular formula is C17H18BrClO. The van der Waals surface area contributed by atoms with Gasteiger partial charge in [-0.3, -0.25) is 0 Å². The Hall–Kier alpha value is -0.990. The third kappa shape index (κ3) is 3.56. The molecule has 0 fully saturated rings. The molecule has 0 unspecified atom stereocenters. The van der Waals surface area contributed by atoms with Gasteiger partial charge in [0, 0.05) is 15.9 Å². The van der Waals surface area contributed by atoms with Crippen LogP contribution in [-0.2, 0) is 5.33 Å². The molecule has 0 aliphatic carbocycles. The summed E-state index contributed by atoms with van der Waals surface area (Å²) in [7, 11) is 0. The Morgan fingerprint density at radius 3 is 2.50 bits per heavy atom. The van der Waals surface area contributed by atoms with E-state index in [4.69, 9.17) is 16.3 Å². The van der Waals surface area contributed by atoms with E-state index in [9.17, 15) is 0 Å². The molecule has 0 atom stereocenters. The minimum Gasteiger partial charge on any atom is -0.457 e. The second-order valence-electron chi connectivity index (χ2n) is 5.18. The van der Waals surface area contributed by atoms with Gasteiger partial charge in [0.1, 0.15) is 11.5 Å². The van der Waals surface area contributed by atoms with Crippen LogP contribution in [-0.4, -0.2) is 0 Å². The molecule has 3 heteroatoms. The summed E-state index contributed by atoms with van der Waals surface area (Å²) in [5.74, 6) is 2.19. The first-order valence-corrected chi connectivity index (χ1v) is 8.14. The number of hydrogen-bond acceptors (Lipinski definition) is 1. The van der Waals surface area contributed by atoms with Crippen LogP contribution in [0.5, 0.6) is 11.5 Å². The van der Waals surface area contributed by atoms with Gasteiger partial charge in [0.2, 0.25) is 0 Å². The van der Waals surface area contributed by atoms with Gasteiger partial charge >= 0.3 is 0 Å². The van der Waals surface area contributed by atoms with E-state index in [-0.39, 0.29) is 0 Å². The van der Waals surface area contributed by atoms with E-state index in [0.717, 1.165) is 22.1 Å². The summed E-state index contributed by atoms with van der Waals surface area (Å²) in [6.45, 7) is 6.42. The predicted octanol–water partition coefficient (Wildman–Crippen LogP) is 6.46. The highest BCUT2D eigenvalue weighted by atomic mass is 79.9. The zero-order chi connectivity index (χ0) is 14.7. The average molecular weight is 354 g/mol. The van der Waals surface area contributed by atoms with Gasteiger partial charge in [-0.05, 0) is 48.2 Å². The van der Waals surface area contributed by atoms with Gasteiger partial charge in [-0.25, -0.2) is 0 Å². The zero-order valence-electron chi connectivity index (χ0n) is 11.9. The van der Waals surface area contributed by atoms with E-state index < -0.39 is 0 Å². The number of aryl methyl sites for hydroxylation is 1. The smallest absolute Gasteiger partial charge is 0.131 e. The maximum atomic E-state index is 6.14. The SMILES string of the molecule is Cc1ccc(C(C)C)c(Oc2ccc(Cl)cc2CBr)c1. The average Bonchev–Trinajstić information content (AvgIpc) is 2.40. The number of rotatable bonds is 4. The van der Waals surface area contributed by atoms with Crippen molar-refractivity contribution in [3.05, 3.63) is 58.1 Å². The fourth-order valence-corrected chi connectivity index (χ4v) is 2.71. The van der Waals surface area contributed by atoms with Crippen molar-refractivity contribution >= 4 is 27.5 Å².